The van der Waals surface area contributed by atoms with Gasteiger partial charge in [0.25, 0.3) is 0 Å². The van der Waals surface area contributed by atoms with Crippen LogP contribution in [0.25, 0.3) is 0 Å². The highest BCUT2D eigenvalue weighted by atomic mass is 16.2. The van der Waals surface area contributed by atoms with Gasteiger partial charge >= 0.3 is 0 Å². The van der Waals surface area contributed by atoms with Crippen molar-refractivity contribution in [2.24, 2.45) is 0 Å². The van der Waals surface area contributed by atoms with E-state index in [1.807, 2.05) is 12.1 Å². The van der Waals surface area contributed by atoms with E-state index in [0.717, 1.165) is 24.1 Å². The lowest BCUT2D eigenvalue weighted by molar-refractivity contribution is -0.121. The van der Waals surface area contributed by atoms with Gasteiger partial charge in [-0.1, -0.05) is 0 Å². The summed E-state index contributed by atoms with van der Waals surface area (Å²) >= 11 is 0. The van der Waals surface area contributed by atoms with Gasteiger partial charge in [-0.25, -0.2) is 0 Å². The van der Waals surface area contributed by atoms with E-state index in [1.54, 1.807) is 6.92 Å². The molecule has 1 heterocycles. The minimum absolute atomic E-state index is 0.0118. The van der Waals surface area contributed by atoms with Crippen LogP contribution < -0.4 is 21.7 Å². The molecule has 1 aromatic carbocycles. The normalized spacial score (nSPS) is 18.4. The predicted molar refractivity (Wildman–Crippen MR) is 82.1 cm³/mol. The molecule has 1 unspecified atom stereocenters. The summed E-state index contributed by atoms with van der Waals surface area (Å²) in [5, 5.41) is 8.91. The number of benzene rings is 1. The molecule has 1 aliphatic carbocycles. The van der Waals surface area contributed by atoms with Crippen molar-refractivity contribution in [3.63, 3.8) is 0 Å². The quantitative estimate of drug-likeness (QED) is 0.627. The number of hydrogen-bond donors (Lipinski definition) is 4. The number of hydrogen-bond acceptors (Lipinski definition) is 4. The molecular weight excluding hydrogens is 268 g/mol. The Bertz CT molecular complexity index is 596. The zero-order valence-electron chi connectivity index (χ0n) is 12.0. The maximum Gasteiger partial charge on any atom is 0.242 e. The Hall–Kier alpha value is -2.24. The Morgan fingerprint density at radius 1 is 1.38 bits per heavy atom. The molecule has 2 amide bonds. The van der Waals surface area contributed by atoms with Crippen LogP contribution in [0.4, 0.5) is 17.1 Å². The second-order valence-electron chi connectivity index (χ2n) is 5.79. The lowest BCUT2D eigenvalue weighted by Crippen LogP contribution is -2.38. The monoisotopic (exact) mass is 288 g/mol. The molecule has 1 fully saturated rings. The number of nitrogens with two attached hydrogens (primary N) is 1. The zero-order chi connectivity index (χ0) is 15.0. The maximum atomic E-state index is 12.0. The Morgan fingerprint density at radius 2 is 2.14 bits per heavy atom. The van der Waals surface area contributed by atoms with Crippen molar-refractivity contribution < 1.29 is 9.59 Å². The third-order valence-electron chi connectivity index (χ3n) is 3.86. The summed E-state index contributed by atoms with van der Waals surface area (Å²) in [4.78, 5) is 23.4. The minimum Gasteiger partial charge on any atom is -0.397 e. The Balaban J connectivity index is 1.73. The molecule has 112 valence electrons. The molecule has 0 radical (unpaired) electrons. The second-order valence-corrected chi connectivity index (χ2v) is 5.79. The van der Waals surface area contributed by atoms with Crippen LogP contribution in [-0.4, -0.2) is 23.9 Å². The standard InChI is InChI=1S/C15H20N4O2/c1-8(15(21)18-10-3-4-10)17-13-7-12-9(6-11(13)16)2-5-14(20)19-12/h6-8,10,17H,2-5,16H2,1H3,(H,18,21)(H,19,20). The summed E-state index contributed by atoms with van der Waals surface area (Å²) in [6.45, 7) is 1.80. The molecule has 6 heteroatoms. The first-order valence-electron chi connectivity index (χ1n) is 7.32. The van der Waals surface area contributed by atoms with Crippen LogP contribution in [0.2, 0.25) is 0 Å². The van der Waals surface area contributed by atoms with Gasteiger partial charge in [-0.3, -0.25) is 9.59 Å². The van der Waals surface area contributed by atoms with Crippen LogP contribution >= 0.6 is 0 Å². The third-order valence-corrected chi connectivity index (χ3v) is 3.86. The van der Waals surface area contributed by atoms with Gasteiger partial charge in [0.05, 0.1) is 11.4 Å². The molecule has 1 saturated carbocycles. The van der Waals surface area contributed by atoms with E-state index in [0.29, 0.717) is 30.3 Å². The summed E-state index contributed by atoms with van der Waals surface area (Å²) in [6.07, 6.45) is 3.31. The number of fused-ring (bicyclic) bond motifs is 1. The second kappa shape index (κ2) is 5.27. The van der Waals surface area contributed by atoms with Crippen LogP contribution in [0.3, 0.4) is 0 Å². The molecule has 6 nitrogen and oxygen atoms in total. The highest BCUT2D eigenvalue weighted by Gasteiger charge is 2.26. The molecular formula is C15H20N4O2. The van der Waals surface area contributed by atoms with E-state index < -0.39 is 0 Å². The molecule has 0 bridgehead atoms. The van der Waals surface area contributed by atoms with Crippen molar-refractivity contribution in [1.29, 1.82) is 0 Å². The smallest absolute Gasteiger partial charge is 0.242 e. The van der Waals surface area contributed by atoms with Gasteiger partial charge in [0.1, 0.15) is 6.04 Å². The van der Waals surface area contributed by atoms with Crippen molar-refractivity contribution in [3.05, 3.63) is 17.7 Å². The summed E-state index contributed by atoms with van der Waals surface area (Å²) in [6, 6.07) is 3.64. The number of carbonyl (C=O) groups excluding carboxylic acids is 2. The van der Waals surface area contributed by atoms with Gasteiger partial charge < -0.3 is 21.7 Å². The maximum absolute atomic E-state index is 12.0. The van der Waals surface area contributed by atoms with Crippen molar-refractivity contribution in [3.8, 4) is 0 Å². The van der Waals surface area contributed by atoms with Crippen LogP contribution in [0, 0.1) is 0 Å². The van der Waals surface area contributed by atoms with E-state index in [9.17, 15) is 9.59 Å². The van der Waals surface area contributed by atoms with Crippen LogP contribution in [0.15, 0.2) is 12.1 Å². The van der Waals surface area contributed by atoms with E-state index in [1.165, 1.54) is 0 Å². The SMILES string of the molecule is CC(Nc1cc2c(cc1N)CCC(=O)N2)C(=O)NC1CC1. The number of rotatable bonds is 4. The highest BCUT2D eigenvalue weighted by Crippen LogP contribution is 2.31. The Morgan fingerprint density at radius 3 is 2.86 bits per heavy atom. The summed E-state index contributed by atoms with van der Waals surface area (Å²) in [7, 11) is 0. The average Bonchev–Trinajstić information content (AvgIpc) is 3.24. The van der Waals surface area contributed by atoms with Gasteiger partial charge in [0.2, 0.25) is 11.8 Å². The van der Waals surface area contributed by atoms with Crippen LogP contribution in [-0.2, 0) is 16.0 Å². The number of amides is 2. The first-order chi connectivity index (χ1) is 10.0. The fraction of sp³-hybridized carbons (Fsp3) is 0.467. The van der Waals surface area contributed by atoms with E-state index in [-0.39, 0.29) is 17.9 Å². The molecule has 0 aromatic heterocycles. The molecule has 5 N–H and O–H groups in total. The first-order valence-corrected chi connectivity index (χ1v) is 7.32. The molecule has 2 aliphatic rings. The fourth-order valence-electron chi connectivity index (χ4n) is 2.43. The summed E-state index contributed by atoms with van der Waals surface area (Å²) in [5.41, 5.74) is 9.11. The van der Waals surface area contributed by atoms with E-state index >= 15 is 0 Å². The topological polar surface area (TPSA) is 96.2 Å². The van der Waals surface area contributed by atoms with Gasteiger partial charge in [0.15, 0.2) is 0 Å². The number of nitrogens with one attached hydrogen (secondary N) is 3. The summed E-state index contributed by atoms with van der Waals surface area (Å²) < 4.78 is 0. The molecule has 1 aliphatic heterocycles. The van der Waals surface area contributed by atoms with Gasteiger partial charge in [0, 0.05) is 18.2 Å². The molecule has 1 atom stereocenters. The Labute approximate surface area is 123 Å². The number of carbonyl (C=O) groups is 2. The number of aryl methyl sites for hydroxylation is 1. The zero-order valence-corrected chi connectivity index (χ0v) is 12.0. The van der Waals surface area contributed by atoms with Crippen molar-refractivity contribution >= 4 is 28.9 Å². The van der Waals surface area contributed by atoms with Gasteiger partial charge in [-0.15, -0.1) is 0 Å². The predicted octanol–water partition coefficient (Wildman–Crippen LogP) is 1.23. The van der Waals surface area contributed by atoms with Crippen LogP contribution in [0.1, 0.15) is 31.7 Å². The first kappa shape index (κ1) is 13.7. The fourth-order valence-corrected chi connectivity index (χ4v) is 2.43. The molecule has 1 aromatic rings. The largest absolute Gasteiger partial charge is 0.397 e. The molecule has 0 saturated heterocycles. The molecule has 3 rings (SSSR count). The average molecular weight is 288 g/mol. The van der Waals surface area contributed by atoms with Gasteiger partial charge in [-0.05, 0) is 43.9 Å². The third kappa shape index (κ3) is 3.09. The molecule has 0 spiro atoms. The minimum atomic E-state index is -0.370. The van der Waals surface area contributed by atoms with Crippen molar-refractivity contribution in [2.45, 2.75) is 44.7 Å². The number of anilines is 3. The highest BCUT2D eigenvalue weighted by molar-refractivity contribution is 5.96. The Kier molecular flexibility index (Phi) is 3.45. The summed E-state index contributed by atoms with van der Waals surface area (Å²) in [5.74, 6) is -0.0172. The lowest BCUT2D eigenvalue weighted by atomic mass is 10.0. The van der Waals surface area contributed by atoms with E-state index in [2.05, 4.69) is 16.0 Å². The lowest BCUT2D eigenvalue weighted by Gasteiger charge is -2.21. The number of nitrogen functional groups attached to an aromatic ring is 1. The van der Waals surface area contributed by atoms with Gasteiger partial charge in [-0.2, -0.15) is 0 Å². The van der Waals surface area contributed by atoms with Crippen molar-refractivity contribution in [1.82, 2.24) is 5.32 Å². The van der Waals surface area contributed by atoms with Crippen LogP contribution in [0.5, 0.6) is 0 Å². The molecule has 21 heavy (non-hydrogen) atoms. The van der Waals surface area contributed by atoms with Crippen molar-refractivity contribution in [2.75, 3.05) is 16.4 Å². The van der Waals surface area contributed by atoms with E-state index in [4.69, 9.17) is 5.73 Å².